The van der Waals surface area contributed by atoms with Gasteiger partial charge in [0, 0.05) is 30.7 Å². The van der Waals surface area contributed by atoms with Crippen molar-refractivity contribution in [1.29, 1.82) is 0 Å². The second-order valence-corrected chi connectivity index (χ2v) is 4.85. The molecule has 0 aliphatic heterocycles. The molecule has 0 unspecified atom stereocenters. The molecular weight excluding hydrogens is 282 g/mol. The van der Waals surface area contributed by atoms with Crippen LogP contribution in [0.25, 0.3) is 0 Å². The average Bonchev–Trinajstić information content (AvgIpc) is 2.49. The monoisotopic (exact) mass is 301 g/mol. The lowest BCUT2D eigenvalue weighted by Crippen LogP contribution is -2.31. The molecule has 2 rings (SSSR count). The predicted molar refractivity (Wildman–Crippen MR) is 92.3 cm³/mol. The molecule has 0 aliphatic rings. The van der Waals surface area contributed by atoms with Crippen LogP contribution in [-0.4, -0.2) is 25.4 Å². The minimum absolute atomic E-state index is 0.587. The number of para-hydroxylation sites is 1. The molecule has 21 heavy (non-hydrogen) atoms. The van der Waals surface area contributed by atoms with Crippen LogP contribution in [0.5, 0.6) is 0 Å². The quantitative estimate of drug-likeness (QED) is 0.564. The number of methoxy groups -OCH3 is 1. The minimum Gasteiger partial charge on any atom is -0.383 e. The summed E-state index contributed by atoms with van der Waals surface area (Å²) in [4.78, 5) is 0. The summed E-state index contributed by atoms with van der Waals surface area (Å²) >= 11 is 5.22. The molecule has 4 nitrogen and oxygen atoms in total. The normalized spacial score (nSPS) is 9.95. The molecule has 2 aromatic rings. The van der Waals surface area contributed by atoms with Crippen molar-refractivity contribution in [2.45, 2.75) is 0 Å². The first-order valence-electron chi connectivity index (χ1n) is 6.74. The Morgan fingerprint density at radius 3 is 2.48 bits per heavy atom. The van der Waals surface area contributed by atoms with Gasteiger partial charge in [-0.15, -0.1) is 0 Å². The van der Waals surface area contributed by atoms with E-state index in [9.17, 15) is 0 Å². The second-order valence-electron chi connectivity index (χ2n) is 4.45. The van der Waals surface area contributed by atoms with Gasteiger partial charge in [-0.3, -0.25) is 0 Å². The Hall–Kier alpha value is -2.11. The molecule has 3 N–H and O–H groups in total. The fraction of sp³-hybridized carbons (Fsp3) is 0.188. The summed E-state index contributed by atoms with van der Waals surface area (Å²) in [5, 5.41) is 10.2. The lowest BCUT2D eigenvalue weighted by molar-refractivity contribution is 0.204. The van der Waals surface area contributed by atoms with Crippen molar-refractivity contribution in [1.82, 2.24) is 5.32 Å². The minimum atomic E-state index is 0.587. The zero-order valence-electron chi connectivity index (χ0n) is 11.9. The number of thiocarbonyl (C=S) groups is 1. The summed E-state index contributed by atoms with van der Waals surface area (Å²) in [7, 11) is 1.66. The second kappa shape index (κ2) is 8.24. The predicted octanol–water partition coefficient (Wildman–Crippen LogP) is 3.36. The highest BCUT2D eigenvalue weighted by Gasteiger charge is 1.99. The Bertz CT molecular complexity index is 575. The van der Waals surface area contributed by atoms with E-state index in [0.717, 1.165) is 17.1 Å². The van der Waals surface area contributed by atoms with Crippen molar-refractivity contribution < 1.29 is 4.74 Å². The van der Waals surface area contributed by atoms with Gasteiger partial charge in [-0.05, 0) is 42.5 Å². The van der Waals surface area contributed by atoms with E-state index >= 15 is 0 Å². The van der Waals surface area contributed by atoms with Gasteiger partial charge in [-0.25, -0.2) is 0 Å². The number of ether oxygens (including phenoxy) is 1. The first-order valence-corrected chi connectivity index (χ1v) is 7.14. The van der Waals surface area contributed by atoms with Gasteiger partial charge in [-0.2, -0.15) is 0 Å². The molecule has 0 radical (unpaired) electrons. The van der Waals surface area contributed by atoms with Crippen molar-refractivity contribution in [3.8, 4) is 0 Å². The topological polar surface area (TPSA) is 45.3 Å². The third kappa shape index (κ3) is 5.41. The highest BCUT2D eigenvalue weighted by Crippen LogP contribution is 2.19. The molecule has 0 saturated carbocycles. The van der Waals surface area contributed by atoms with Gasteiger partial charge < -0.3 is 20.7 Å². The fourth-order valence-electron chi connectivity index (χ4n) is 1.80. The maximum absolute atomic E-state index is 5.22. The van der Waals surface area contributed by atoms with Crippen molar-refractivity contribution in [2.75, 3.05) is 30.9 Å². The Morgan fingerprint density at radius 2 is 1.71 bits per heavy atom. The molecule has 110 valence electrons. The van der Waals surface area contributed by atoms with E-state index in [4.69, 9.17) is 17.0 Å². The average molecular weight is 301 g/mol. The van der Waals surface area contributed by atoms with E-state index in [1.165, 1.54) is 0 Å². The van der Waals surface area contributed by atoms with Crippen LogP contribution < -0.4 is 16.0 Å². The fourth-order valence-corrected chi connectivity index (χ4v) is 2.02. The van der Waals surface area contributed by atoms with Gasteiger partial charge in [-0.1, -0.05) is 24.3 Å². The van der Waals surface area contributed by atoms with Crippen molar-refractivity contribution in [3.05, 3.63) is 54.6 Å². The van der Waals surface area contributed by atoms with Gasteiger partial charge in [0.25, 0.3) is 0 Å². The lowest BCUT2D eigenvalue weighted by Gasteiger charge is -2.12. The smallest absolute Gasteiger partial charge is 0.170 e. The molecule has 0 spiro atoms. The Morgan fingerprint density at radius 1 is 1.00 bits per heavy atom. The van der Waals surface area contributed by atoms with E-state index in [1.54, 1.807) is 7.11 Å². The van der Waals surface area contributed by atoms with E-state index in [-0.39, 0.29) is 0 Å². The molecule has 0 fully saturated rings. The van der Waals surface area contributed by atoms with Gasteiger partial charge >= 0.3 is 0 Å². The van der Waals surface area contributed by atoms with Crippen LogP contribution in [0.4, 0.5) is 17.1 Å². The van der Waals surface area contributed by atoms with Crippen molar-refractivity contribution in [2.24, 2.45) is 0 Å². The Labute approximate surface area is 130 Å². The maximum Gasteiger partial charge on any atom is 0.170 e. The SMILES string of the molecule is COCCNC(=S)Nc1cccc(Nc2ccccc2)c1. The molecule has 0 aliphatic carbocycles. The molecule has 5 heteroatoms. The summed E-state index contributed by atoms with van der Waals surface area (Å²) in [6.07, 6.45) is 0. The van der Waals surface area contributed by atoms with Crippen molar-refractivity contribution >= 4 is 34.4 Å². The Balaban J connectivity index is 1.93. The molecular formula is C16H19N3OS. The molecule has 0 bridgehead atoms. The number of hydrogen-bond donors (Lipinski definition) is 3. The van der Waals surface area contributed by atoms with Crippen LogP contribution in [0.15, 0.2) is 54.6 Å². The number of hydrogen-bond acceptors (Lipinski definition) is 3. The standard InChI is InChI=1S/C16H19N3OS/c1-20-11-10-17-16(21)19-15-9-5-8-14(12-15)18-13-6-3-2-4-7-13/h2-9,12,18H,10-11H2,1H3,(H2,17,19,21). The number of anilines is 3. The molecule has 0 aromatic heterocycles. The number of rotatable bonds is 6. The first-order chi connectivity index (χ1) is 10.3. The Kier molecular flexibility index (Phi) is 5.99. The summed E-state index contributed by atoms with van der Waals surface area (Å²) in [6.45, 7) is 1.31. The number of benzene rings is 2. The largest absolute Gasteiger partial charge is 0.383 e. The van der Waals surface area contributed by atoms with Crippen LogP contribution in [-0.2, 0) is 4.74 Å². The van der Waals surface area contributed by atoms with E-state index < -0.39 is 0 Å². The van der Waals surface area contributed by atoms with Crippen LogP contribution in [0, 0.1) is 0 Å². The molecule has 0 heterocycles. The van der Waals surface area contributed by atoms with Crippen LogP contribution in [0.2, 0.25) is 0 Å². The third-order valence-electron chi connectivity index (χ3n) is 2.77. The summed E-state index contributed by atoms with van der Waals surface area (Å²) in [6, 6.07) is 18.0. The molecule has 2 aromatic carbocycles. The maximum atomic E-state index is 5.22. The van der Waals surface area contributed by atoms with Crippen molar-refractivity contribution in [3.63, 3.8) is 0 Å². The van der Waals surface area contributed by atoms with Gasteiger partial charge in [0.15, 0.2) is 5.11 Å². The molecule has 0 atom stereocenters. The van der Waals surface area contributed by atoms with E-state index in [0.29, 0.717) is 18.3 Å². The van der Waals surface area contributed by atoms with Crippen LogP contribution in [0.1, 0.15) is 0 Å². The van der Waals surface area contributed by atoms with Crippen LogP contribution >= 0.6 is 12.2 Å². The first kappa shape index (κ1) is 15.3. The summed E-state index contributed by atoms with van der Waals surface area (Å²) in [5.41, 5.74) is 2.99. The van der Waals surface area contributed by atoms with Gasteiger partial charge in [0.1, 0.15) is 0 Å². The zero-order valence-corrected chi connectivity index (χ0v) is 12.7. The van der Waals surface area contributed by atoms with Crippen LogP contribution in [0.3, 0.4) is 0 Å². The highest BCUT2D eigenvalue weighted by molar-refractivity contribution is 7.80. The molecule has 0 saturated heterocycles. The summed E-state index contributed by atoms with van der Waals surface area (Å²) < 4.78 is 4.97. The summed E-state index contributed by atoms with van der Waals surface area (Å²) in [5.74, 6) is 0. The third-order valence-corrected chi connectivity index (χ3v) is 3.02. The van der Waals surface area contributed by atoms with E-state index in [2.05, 4.69) is 16.0 Å². The lowest BCUT2D eigenvalue weighted by atomic mass is 10.2. The zero-order chi connectivity index (χ0) is 14.9. The molecule has 0 amide bonds. The van der Waals surface area contributed by atoms with E-state index in [1.807, 2.05) is 54.6 Å². The highest BCUT2D eigenvalue weighted by atomic mass is 32.1. The number of nitrogens with one attached hydrogen (secondary N) is 3. The van der Waals surface area contributed by atoms with Gasteiger partial charge in [0.2, 0.25) is 0 Å². The van der Waals surface area contributed by atoms with Gasteiger partial charge in [0.05, 0.1) is 6.61 Å².